The third kappa shape index (κ3) is 7.89. The zero-order chi connectivity index (χ0) is 44.8. The van der Waals surface area contributed by atoms with Gasteiger partial charge in [-0.15, -0.1) is 0 Å². The molecule has 0 bridgehead atoms. The van der Waals surface area contributed by atoms with Crippen LogP contribution in [0.25, 0.3) is 32.8 Å². The van der Waals surface area contributed by atoms with Gasteiger partial charge in [-0.3, -0.25) is 29.2 Å². The van der Waals surface area contributed by atoms with E-state index < -0.39 is 17.9 Å². The zero-order valence-corrected chi connectivity index (χ0v) is 36.8. The summed E-state index contributed by atoms with van der Waals surface area (Å²) in [6.45, 7) is 6.66. The van der Waals surface area contributed by atoms with Crippen LogP contribution < -0.4 is 15.4 Å². The van der Waals surface area contributed by atoms with Gasteiger partial charge in [-0.05, 0) is 94.3 Å². The van der Waals surface area contributed by atoms with E-state index in [4.69, 9.17) is 16.3 Å². The van der Waals surface area contributed by atoms with Crippen molar-refractivity contribution in [1.82, 2.24) is 29.5 Å². The van der Waals surface area contributed by atoms with Crippen LogP contribution >= 0.6 is 11.6 Å². The van der Waals surface area contributed by atoms with Gasteiger partial charge in [-0.25, -0.2) is 4.79 Å². The van der Waals surface area contributed by atoms with Crippen LogP contribution in [0.1, 0.15) is 75.5 Å². The van der Waals surface area contributed by atoms with Gasteiger partial charge in [-0.1, -0.05) is 60.1 Å². The summed E-state index contributed by atoms with van der Waals surface area (Å²) >= 11 is 7.08. The molecular formula is C49H50ClN7O7. The number of ether oxygens (including phenoxy) is 1. The number of aromatic carboxylic acids is 1. The van der Waals surface area contributed by atoms with Crippen molar-refractivity contribution < 1.29 is 33.8 Å². The molecule has 4 aromatic carbocycles. The molecule has 9 rings (SSSR count). The van der Waals surface area contributed by atoms with Crippen molar-refractivity contribution in [3.05, 3.63) is 112 Å². The van der Waals surface area contributed by atoms with Crippen LogP contribution in [0.15, 0.2) is 72.8 Å². The van der Waals surface area contributed by atoms with E-state index in [-0.39, 0.29) is 48.7 Å². The number of piperidine rings is 2. The second kappa shape index (κ2) is 17.6. The summed E-state index contributed by atoms with van der Waals surface area (Å²) in [5, 5.41) is 24.5. The highest BCUT2D eigenvalue weighted by Gasteiger charge is 2.40. The number of fused-ring (bicyclic) bond motifs is 3. The monoisotopic (exact) mass is 883 g/mol. The Labute approximate surface area is 375 Å². The summed E-state index contributed by atoms with van der Waals surface area (Å²) in [4.78, 5) is 68.6. The normalized spacial score (nSPS) is 17.0. The predicted octanol–water partition coefficient (Wildman–Crippen LogP) is 7.29. The first-order valence-electron chi connectivity index (χ1n) is 21.9. The van der Waals surface area contributed by atoms with Gasteiger partial charge >= 0.3 is 5.97 Å². The number of nitrogens with zero attached hydrogens (tertiary/aromatic N) is 5. The van der Waals surface area contributed by atoms with E-state index in [0.29, 0.717) is 80.3 Å². The van der Waals surface area contributed by atoms with Crippen LogP contribution in [0.5, 0.6) is 5.75 Å². The lowest BCUT2D eigenvalue weighted by Gasteiger charge is -2.31. The largest absolute Gasteiger partial charge is 0.493 e. The SMILES string of the molecule is Cc1nn(C)c(C)c1-c1c(Cl)ccc2c(CCCOc3cccc4ccccc34)c(C(=O)O)n(CCN3CCC(C(=O)Nc4cccc5c4CN(C4CCC(=O)NC4=O)C5=O)CC3)c12. The van der Waals surface area contributed by atoms with E-state index >= 15 is 0 Å². The van der Waals surface area contributed by atoms with E-state index in [1.807, 2.05) is 84.7 Å². The third-order valence-corrected chi connectivity index (χ3v) is 13.6. The van der Waals surface area contributed by atoms with Crippen molar-refractivity contribution >= 4 is 68.6 Å². The number of carbonyl (C=O) groups is 5. The van der Waals surface area contributed by atoms with Gasteiger partial charge in [0.2, 0.25) is 17.7 Å². The highest BCUT2D eigenvalue weighted by Crippen LogP contribution is 2.42. The van der Waals surface area contributed by atoms with Gasteiger partial charge in [0, 0.05) is 83.4 Å². The number of hydrogen-bond acceptors (Lipinski definition) is 8. The van der Waals surface area contributed by atoms with Crippen LogP contribution in [-0.4, -0.2) is 91.1 Å². The minimum absolute atomic E-state index is 0.139. The molecule has 3 aliphatic heterocycles. The molecule has 64 heavy (non-hydrogen) atoms. The number of benzene rings is 4. The molecule has 6 aromatic rings. The number of hydrogen-bond donors (Lipinski definition) is 3. The molecule has 2 fully saturated rings. The average molecular weight is 884 g/mol. The van der Waals surface area contributed by atoms with Gasteiger partial charge in [-0.2, -0.15) is 5.10 Å². The maximum absolute atomic E-state index is 13.8. The molecule has 3 N–H and O–H groups in total. The number of carboxylic acid groups (broad SMARTS) is 1. The minimum atomic E-state index is -1.02. The molecule has 15 heteroatoms. The number of aryl methyl sites for hydroxylation is 3. The van der Waals surface area contributed by atoms with Crippen LogP contribution in [0.4, 0.5) is 5.69 Å². The standard InChI is InChI=1S/C49H50ClN7O7/c1-28-42(29(2)54(3)53-28)43-37(50)17-16-34-33(13-8-26-64-40-15-6-10-30-9-4-5-11-32(30)40)45(49(62)63)56(44(34)43)25-24-55-22-20-31(21-23-55)46(59)51-38-14-7-12-35-36(38)27-57(48(35)61)39-18-19-41(58)52-47(39)60/h4-7,9-12,14-17,31,39H,8,13,18-27H2,1-3H3,(H,51,59)(H,62,63)(H,52,58,60). The van der Waals surface area contributed by atoms with Crippen molar-refractivity contribution in [2.75, 3.05) is 31.6 Å². The lowest BCUT2D eigenvalue weighted by molar-refractivity contribution is -0.137. The van der Waals surface area contributed by atoms with Gasteiger partial charge in [0.15, 0.2) is 0 Å². The number of likely N-dealkylation sites (tertiary alicyclic amines) is 1. The highest BCUT2D eigenvalue weighted by molar-refractivity contribution is 6.35. The molecule has 2 aromatic heterocycles. The Hall–Kier alpha value is -6.51. The number of halogens is 1. The molecule has 0 saturated carbocycles. The first kappa shape index (κ1) is 42.8. The third-order valence-electron chi connectivity index (χ3n) is 13.3. The predicted molar refractivity (Wildman–Crippen MR) is 244 cm³/mol. The second-order valence-corrected chi connectivity index (χ2v) is 17.4. The van der Waals surface area contributed by atoms with Gasteiger partial charge in [0.25, 0.3) is 5.91 Å². The lowest BCUT2D eigenvalue weighted by Crippen LogP contribution is -2.52. The fraction of sp³-hybridized carbons (Fsp3) is 0.347. The van der Waals surface area contributed by atoms with Crippen molar-refractivity contribution in [2.24, 2.45) is 13.0 Å². The summed E-state index contributed by atoms with van der Waals surface area (Å²) in [5.74, 6) is -1.78. The number of amides is 4. The Morgan fingerprint density at radius 2 is 1.69 bits per heavy atom. The quantitative estimate of drug-likeness (QED) is 0.0798. The fourth-order valence-corrected chi connectivity index (χ4v) is 10.2. The van der Waals surface area contributed by atoms with Crippen molar-refractivity contribution in [3.63, 3.8) is 0 Å². The van der Waals surface area contributed by atoms with Gasteiger partial charge in [0.05, 0.1) is 22.8 Å². The molecule has 3 aliphatic rings. The molecule has 0 spiro atoms. The Kier molecular flexibility index (Phi) is 11.7. The molecule has 0 aliphatic carbocycles. The molecular weight excluding hydrogens is 834 g/mol. The van der Waals surface area contributed by atoms with Gasteiger partial charge < -0.3 is 29.5 Å². The minimum Gasteiger partial charge on any atom is -0.493 e. The number of aromatic nitrogens is 3. The Morgan fingerprint density at radius 1 is 0.922 bits per heavy atom. The average Bonchev–Trinajstić information content (AvgIpc) is 3.88. The molecule has 1 unspecified atom stereocenters. The van der Waals surface area contributed by atoms with E-state index in [0.717, 1.165) is 55.5 Å². The maximum Gasteiger partial charge on any atom is 0.352 e. The van der Waals surface area contributed by atoms with Gasteiger partial charge in [0.1, 0.15) is 17.5 Å². The first-order valence-corrected chi connectivity index (χ1v) is 22.2. The highest BCUT2D eigenvalue weighted by atomic mass is 35.5. The molecule has 14 nitrogen and oxygen atoms in total. The topological polar surface area (TPSA) is 168 Å². The molecule has 330 valence electrons. The van der Waals surface area contributed by atoms with Crippen molar-refractivity contribution in [2.45, 2.75) is 71.5 Å². The molecule has 4 amide bonds. The molecule has 0 radical (unpaired) electrons. The number of rotatable bonds is 13. The lowest BCUT2D eigenvalue weighted by atomic mass is 9.95. The van der Waals surface area contributed by atoms with Crippen LogP contribution in [0.2, 0.25) is 5.02 Å². The van der Waals surface area contributed by atoms with E-state index in [9.17, 15) is 29.1 Å². The van der Waals surface area contributed by atoms with Crippen molar-refractivity contribution in [1.29, 1.82) is 0 Å². The summed E-state index contributed by atoms with van der Waals surface area (Å²) in [7, 11) is 1.89. The number of anilines is 1. The Morgan fingerprint density at radius 3 is 2.44 bits per heavy atom. The van der Waals surface area contributed by atoms with Crippen LogP contribution in [0, 0.1) is 19.8 Å². The fourth-order valence-electron chi connectivity index (χ4n) is 9.94. The molecule has 5 heterocycles. The number of nitrogens with one attached hydrogen (secondary N) is 2. The zero-order valence-electron chi connectivity index (χ0n) is 36.1. The number of carboxylic acids is 1. The van der Waals surface area contributed by atoms with Crippen LogP contribution in [0.3, 0.4) is 0 Å². The summed E-state index contributed by atoms with van der Waals surface area (Å²) in [5.41, 5.74) is 6.69. The maximum atomic E-state index is 13.8. The smallest absolute Gasteiger partial charge is 0.352 e. The van der Waals surface area contributed by atoms with E-state index in [1.54, 1.807) is 18.2 Å². The summed E-state index contributed by atoms with van der Waals surface area (Å²) in [6.07, 6.45) is 2.65. The number of imide groups is 1. The molecule has 1 atom stereocenters. The first-order chi connectivity index (χ1) is 30.9. The number of carbonyl (C=O) groups excluding carboxylic acids is 4. The summed E-state index contributed by atoms with van der Waals surface area (Å²) < 4.78 is 10.0. The Balaban J connectivity index is 0.921. The Bertz CT molecular complexity index is 2870. The molecule has 2 saturated heterocycles. The summed E-state index contributed by atoms with van der Waals surface area (Å²) in [6, 6.07) is 22.3. The van der Waals surface area contributed by atoms with E-state index in [1.165, 1.54) is 4.90 Å². The van der Waals surface area contributed by atoms with E-state index in [2.05, 4.69) is 20.6 Å². The second-order valence-electron chi connectivity index (χ2n) is 17.0. The van der Waals surface area contributed by atoms with Crippen molar-refractivity contribution in [3.8, 4) is 16.9 Å². The van der Waals surface area contributed by atoms with Crippen LogP contribution in [-0.2, 0) is 40.9 Å².